The fraction of sp³-hybridized carbons (Fsp3) is 0.562. The van der Waals surface area contributed by atoms with Crippen LogP contribution in [0.1, 0.15) is 42.5 Å². The highest BCUT2D eigenvalue weighted by Crippen LogP contribution is 2.30. The first-order chi connectivity index (χ1) is 9.76. The van der Waals surface area contributed by atoms with Crippen molar-refractivity contribution < 1.29 is 0 Å². The Hall–Kier alpha value is -1.55. The van der Waals surface area contributed by atoms with Gasteiger partial charge in [-0.25, -0.2) is 0 Å². The number of hydrogen-bond donors (Lipinski definition) is 1. The molecule has 0 fully saturated rings. The molecule has 0 aliphatic heterocycles. The maximum absolute atomic E-state index is 4.23. The van der Waals surface area contributed by atoms with Crippen LogP contribution in [-0.4, -0.2) is 20.9 Å². The summed E-state index contributed by atoms with van der Waals surface area (Å²) in [6.07, 6.45) is 13.6. The number of fused-ring (bicyclic) bond motifs is 1. The summed E-state index contributed by atoms with van der Waals surface area (Å²) in [7, 11) is 1.97. The molecule has 4 nitrogen and oxygen atoms in total. The molecule has 108 valence electrons. The lowest BCUT2D eigenvalue weighted by atomic mass is 9.91. The van der Waals surface area contributed by atoms with Gasteiger partial charge in [0.25, 0.3) is 0 Å². The first-order valence-corrected chi connectivity index (χ1v) is 7.65. The third-order valence-corrected chi connectivity index (χ3v) is 4.18. The van der Waals surface area contributed by atoms with Crippen molar-refractivity contribution in [3.8, 4) is 0 Å². The van der Waals surface area contributed by atoms with E-state index in [2.05, 4.69) is 40.5 Å². The molecule has 1 N–H and O–H groups in total. The van der Waals surface area contributed by atoms with Gasteiger partial charge in [0, 0.05) is 38.2 Å². The molecule has 1 atom stereocenters. The SMILES string of the molecule is CCNC1CCCc2cn(CCc3cnn(C)c3)cc21. The second kappa shape index (κ2) is 5.83. The second-order valence-corrected chi connectivity index (χ2v) is 5.75. The van der Waals surface area contributed by atoms with Crippen LogP contribution in [0.5, 0.6) is 0 Å². The Balaban J connectivity index is 1.69. The van der Waals surface area contributed by atoms with Crippen molar-refractivity contribution in [2.45, 2.75) is 45.2 Å². The lowest BCUT2D eigenvalue weighted by molar-refractivity contribution is 0.473. The van der Waals surface area contributed by atoms with Crippen LogP contribution < -0.4 is 5.32 Å². The van der Waals surface area contributed by atoms with Crippen LogP contribution in [0.25, 0.3) is 0 Å². The van der Waals surface area contributed by atoms with E-state index in [-0.39, 0.29) is 0 Å². The summed E-state index contributed by atoms with van der Waals surface area (Å²) in [5.74, 6) is 0. The van der Waals surface area contributed by atoms with Gasteiger partial charge in [0.2, 0.25) is 0 Å². The van der Waals surface area contributed by atoms with Crippen LogP contribution in [0.4, 0.5) is 0 Å². The van der Waals surface area contributed by atoms with Gasteiger partial charge in [-0.1, -0.05) is 6.92 Å². The molecule has 3 rings (SSSR count). The van der Waals surface area contributed by atoms with Crippen molar-refractivity contribution in [3.05, 3.63) is 41.5 Å². The van der Waals surface area contributed by atoms with Crippen molar-refractivity contribution in [1.29, 1.82) is 0 Å². The molecule has 0 aromatic carbocycles. The molecule has 20 heavy (non-hydrogen) atoms. The molecule has 1 aliphatic carbocycles. The minimum absolute atomic E-state index is 0.559. The molecule has 0 spiro atoms. The predicted molar refractivity (Wildman–Crippen MR) is 80.7 cm³/mol. The average Bonchev–Trinajstić information content (AvgIpc) is 3.03. The zero-order valence-electron chi connectivity index (χ0n) is 12.5. The summed E-state index contributed by atoms with van der Waals surface area (Å²) in [4.78, 5) is 0. The lowest BCUT2D eigenvalue weighted by Crippen LogP contribution is -2.23. The van der Waals surface area contributed by atoms with Gasteiger partial charge < -0.3 is 9.88 Å². The second-order valence-electron chi connectivity index (χ2n) is 5.75. The molecule has 2 heterocycles. The van der Waals surface area contributed by atoms with E-state index >= 15 is 0 Å². The molecule has 2 aromatic heterocycles. The standard InChI is InChI=1S/C16H24N4/c1-3-17-16-6-4-5-14-11-20(12-15(14)16)8-7-13-9-18-19(2)10-13/h9-12,16-17H,3-8H2,1-2H3. The van der Waals surface area contributed by atoms with Gasteiger partial charge in [-0.15, -0.1) is 0 Å². The van der Waals surface area contributed by atoms with E-state index in [1.165, 1.54) is 36.0 Å². The summed E-state index contributed by atoms with van der Waals surface area (Å²) in [5, 5.41) is 7.83. The summed E-state index contributed by atoms with van der Waals surface area (Å²) in [6.45, 7) is 4.27. The topological polar surface area (TPSA) is 34.8 Å². The number of hydrogen-bond acceptors (Lipinski definition) is 2. The fourth-order valence-corrected chi connectivity index (χ4v) is 3.20. The Bertz CT molecular complexity index is 567. The third kappa shape index (κ3) is 2.80. The van der Waals surface area contributed by atoms with E-state index in [1.54, 1.807) is 0 Å². The Labute approximate surface area is 120 Å². The van der Waals surface area contributed by atoms with Crippen molar-refractivity contribution in [1.82, 2.24) is 19.7 Å². The van der Waals surface area contributed by atoms with Gasteiger partial charge in [-0.3, -0.25) is 4.68 Å². The van der Waals surface area contributed by atoms with Gasteiger partial charge in [0.1, 0.15) is 0 Å². The average molecular weight is 272 g/mol. The molecule has 2 aromatic rings. The van der Waals surface area contributed by atoms with Crippen LogP contribution in [0.3, 0.4) is 0 Å². The molecule has 1 unspecified atom stereocenters. The van der Waals surface area contributed by atoms with Crippen LogP contribution in [0, 0.1) is 0 Å². The van der Waals surface area contributed by atoms with Crippen LogP contribution >= 0.6 is 0 Å². The zero-order chi connectivity index (χ0) is 13.9. The highest BCUT2D eigenvalue weighted by atomic mass is 15.2. The number of aromatic nitrogens is 3. The van der Waals surface area contributed by atoms with Crippen molar-refractivity contribution in [2.24, 2.45) is 7.05 Å². The Morgan fingerprint density at radius 3 is 3.00 bits per heavy atom. The Kier molecular flexibility index (Phi) is 3.92. The largest absolute Gasteiger partial charge is 0.353 e. The summed E-state index contributed by atoms with van der Waals surface area (Å²) in [5.41, 5.74) is 4.36. The third-order valence-electron chi connectivity index (χ3n) is 4.18. The van der Waals surface area contributed by atoms with Gasteiger partial charge in [0.15, 0.2) is 0 Å². The molecule has 1 aliphatic rings. The zero-order valence-corrected chi connectivity index (χ0v) is 12.5. The normalized spacial score (nSPS) is 18.2. The van der Waals surface area contributed by atoms with E-state index in [4.69, 9.17) is 0 Å². The first-order valence-electron chi connectivity index (χ1n) is 7.65. The van der Waals surface area contributed by atoms with Crippen LogP contribution in [0.2, 0.25) is 0 Å². The molecule has 0 amide bonds. The van der Waals surface area contributed by atoms with Gasteiger partial charge in [-0.05, 0) is 48.9 Å². The number of nitrogens with one attached hydrogen (secondary N) is 1. The minimum Gasteiger partial charge on any atom is -0.353 e. The summed E-state index contributed by atoms with van der Waals surface area (Å²) in [6, 6.07) is 0.559. The smallest absolute Gasteiger partial charge is 0.0522 e. The van der Waals surface area contributed by atoms with Crippen LogP contribution in [0.15, 0.2) is 24.8 Å². The molecule has 0 saturated carbocycles. The quantitative estimate of drug-likeness (QED) is 0.907. The Morgan fingerprint density at radius 2 is 2.25 bits per heavy atom. The molecular weight excluding hydrogens is 248 g/mol. The maximum atomic E-state index is 4.23. The van der Waals surface area contributed by atoms with E-state index in [0.717, 1.165) is 19.5 Å². The van der Waals surface area contributed by atoms with E-state index < -0.39 is 0 Å². The van der Waals surface area contributed by atoms with Crippen molar-refractivity contribution >= 4 is 0 Å². The maximum Gasteiger partial charge on any atom is 0.0522 e. The molecule has 0 saturated heterocycles. The fourth-order valence-electron chi connectivity index (χ4n) is 3.20. The lowest BCUT2D eigenvalue weighted by Gasteiger charge is -2.22. The van der Waals surface area contributed by atoms with Crippen molar-refractivity contribution in [3.63, 3.8) is 0 Å². The number of nitrogens with zero attached hydrogens (tertiary/aromatic N) is 3. The molecule has 0 radical (unpaired) electrons. The minimum atomic E-state index is 0.559. The summed E-state index contributed by atoms with van der Waals surface area (Å²) >= 11 is 0. The van der Waals surface area contributed by atoms with Crippen LogP contribution in [-0.2, 0) is 26.4 Å². The summed E-state index contributed by atoms with van der Waals surface area (Å²) < 4.78 is 4.23. The monoisotopic (exact) mass is 272 g/mol. The highest BCUT2D eigenvalue weighted by molar-refractivity contribution is 5.30. The van der Waals surface area contributed by atoms with E-state index in [0.29, 0.717) is 6.04 Å². The number of rotatable bonds is 5. The van der Waals surface area contributed by atoms with Crippen molar-refractivity contribution in [2.75, 3.05) is 6.54 Å². The highest BCUT2D eigenvalue weighted by Gasteiger charge is 2.21. The molecule has 0 bridgehead atoms. The molecule has 4 heteroatoms. The van der Waals surface area contributed by atoms with E-state index in [1.807, 2.05) is 17.9 Å². The van der Waals surface area contributed by atoms with Gasteiger partial charge in [-0.2, -0.15) is 5.10 Å². The van der Waals surface area contributed by atoms with Gasteiger partial charge >= 0.3 is 0 Å². The molecular formula is C16H24N4. The first kappa shape index (κ1) is 13.4. The van der Waals surface area contributed by atoms with E-state index in [9.17, 15) is 0 Å². The predicted octanol–water partition coefficient (Wildman–Crippen LogP) is 2.45. The number of aryl methyl sites for hydroxylation is 4. The van der Waals surface area contributed by atoms with Gasteiger partial charge in [0.05, 0.1) is 6.20 Å². The Morgan fingerprint density at radius 1 is 1.35 bits per heavy atom.